The highest BCUT2D eigenvalue weighted by atomic mass is 32.1. The minimum atomic E-state index is -2.20. The molecule has 16 atom stereocenters. The Morgan fingerprint density at radius 3 is 1.24 bits per heavy atom. The molecule has 0 radical (unpaired) electrons. The van der Waals surface area contributed by atoms with E-state index in [1.54, 1.807) is 0 Å². The molecule has 0 saturated heterocycles. The number of nitrogen functional groups attached to an aromatic ring is 1. The summed E-state index contributed by atoms with van der Waals surface area (Å²) in [6.07, 6.45) is -24.5. The van der Waals surface area contributed by atoms with Crippen molar-refractivity contribution in [3.63, 3.8) is 0 Å². The molecule has 0 unspecified atom stereocenters. The van der Waals surface area contributed by atoms with E-state index in [2.05, 4.69) is 98.7 Å². The number of pyridine rings is 1. The standard InChI is InChI=1S/C64H93N15O30S2/c1-27(82)2-7-32(60(103)78-39(26-111)64(108)109)72-58(101)35(12-17-49(92)93)75-61(104)38(25-110)77-59(102)33(9-14-46(88)69-22-41(84)52(95)54(97)43(86)24-81)73-57(100)34(11-16-48(90)91)74-56(99)31(8-13-45(87)68-21-40(83)51(94)53(96)42(85)23-80)71-47(89)15-10-36(63(106)107)76-55(98)28-3-5-29(6-4-28)66-19-30-20-67-37-18-44(65)79-62(105)50(37)70-30/h3-6,18,20,31-36,38-43,51-54,66,80-81,83-86,94-97,110-111H,2,7-17,19,21-26H2,1H3,(H,68,87)(H,69,88)(H,71,89)(H,72,101)(H,73,100)(H,74,99)(H,75,104)(H,76,98)(H,77,102)(H,78,103)(H,90,91)(H,92,93)(H,106,107)(H,108,109)(H3,65,79,105)/t31-,32-,33-,34-,35-,36-,38-,39-,40-,41-,42+,43+,51+,52+,53+,54+/m0/s1. The van der Waals surface area contributed by atoms with Crippen LogP contribution in [0.15, 0.2) is 41.3 Å². The van der Waals surface area contributed by atoms with Crippen molar-refractivity contribution in [3.8, 4) is 0 Å². The summed E-state index contributed by atoms with van der Waals surface area (Å²) in [5.41, 5.74) is 6.04. The summed E-state index contributed by atoms with van der Waals surface area (Å²) in [6, 6.07) is -8.32. The molecule has 1 aromatic carbocycles. The minimum absolute atomic E-state index is 0.0180. The van der Waals surface area contributed by atoms with Gasteiger partial charge in [-0.2, -0.15) is 25.3 Å². The van der Waals surface area contributed by atoms with E-state index in [1.165, 1.54) is 36.5 Å². The fourth-order valence-corrected chi connectivity index (χ4v) is 10.4. The Balaban J connectivity index is 2.01. The van der Waals surface area contributed by atoms with E-state index >= 15 is 0 Å². The molecule has 10 amide bonds. The van der Waals surface area contributed by atoms with Crippen molar-refractivity contribution in [2.75, 3.05) is 48.9 Å². The second-order valence-corrected chi connectivity index (χ2v) is 25.8. The van der Waals surface area contributed by atoms with Crippen molar-refractivity contribution in [1.82, 2.24) is 68.1 Å². The number of carboxylic acids is 4. The lowest BCUT2D eigenvalue weighted by atomic mass is 10.0. The van der Waals surface area contributed by atoms with Crippen molar-refractivity contribution in [3.05, 3.63) is 58.1 Å². The molecule has 0 spiro atoms. The normalized spacial score (nSPS) is 15.6. The summed E-state index contributed by atoms with van der Waals surface area (Å²) in [7, 11) is 0. The van der Waals surface area contributed by atoms with Gasteiger partial charge in [-0.05, 0) is 69.7 Å². The number of aromatic amines is 1. The lowest BCUT2D eigenvalue weighted by Gasteiger charge is -2.27. The number of aliphatic hydroxyl groups is 10. The number of Topliss-reactive ketones (excluding diaryl/α,β-unsaturated/α-hetero) is 1. The van der Waals surface area contributed by atoms with Crippen LogP contribution >= 0.6 is 25.3 Å². The van der Waals surface area contributed by atoms with Crippen molar-refractivity contribution < 1.29 is 143 Å². The van der Waals surface area contributed by atoms with Gasteiger partial charge in [-0.25, -0.2) is 14.6 Å². The second kappa shape index (κ2) is 47.7. The summed E-state index contributed by atoms with van der Waals surface area (Å²) in [6.45, 7) is -2.73. The highest BCUT2D eigenvalue weighted by molar-refractivity contribution is 7.80. The van der Waals surface area contributed by atoms with Gasteiger partial charge >= 0.3 is 23.9 Å². The highest BCUT2D eigenvalue weighted by Crippen LogP contribution is 2.16. The molecule has 2 heterocycles. The van der Waals surface area contributed by atoms with E-state index in [9.17, 15) is 143 Å². The summed E-state index contributed by atoms with van der Waals surface area (Å²) in [5.74, 6) is -20.4. The first kappa shape index (κ1) is 94.9. The second-order valence-electron chi connectivity index (χ2n) is 25.1. The maximum Gasteiger partial charge on any atom is 0.327 e. The summed E-state index contributed by atoms with van der Waals surface area (Å²) in [4.78, 5) is 222. The molecule has 45 nitrogen and oxygen atoms in total. The smallest absolute Gasteiger partial charge is 0.327 e. The van der Waals surface area contributed by atoms with E-state index in [-0.39, 0.29) is 35.4 Å². The van der Waals surface area contributed by atoms with Crippen molar-refractivity contribution in [2.45, 2.75) is 188 Å². The molecule has 0 bridgehead atoms. The lowest BCUT2D eigenvalue weighted by Crippen LogP contribution is -2.60. The molecule has 0 fully saturated rings. The number of thiol groups is 2. The molecule has 111 heavy (non-hydrogen) atoms. The number of aromatic nitrogens is 3. The third-order valence-corrected chi connectivity index (χ3v) is 17.1. The van der Waals surface area contributed by atoms with Crippen LogP contribution in [0.5, 0.6) is 0 Å². The van der Waals surface area contributed by atoms with Gasteiger partial charge in [0.05, 0.1) is 49.4 Å². The van der Waals surface area contributed by atoms with E-state index in [1.807, 2.05) is 0 Å². The Hall–Kier alpha value is -10.3. The van der Waals surface area contributed by atoms with Crippen LogP contribution in [0.4, 0.5) is 11.5 Å². The number of nitrogens with two attached hydrogens (primary N) is 1. The molecule has 3 rings (SSSR count). The molecule has 0 aliphatic carbocycles. The average Bonchev–Trinajstić information content (AvgIpc) is 0.812. The first-order valence-electron chi connectivity index (χ1n) is 33.9. The number of H-pyrrole nitrogens is 1. The molecule has 28 N–H and O–H groups in total. The number of amides is 10. The van der Waals surface area contributed by atoms with Gasteiger partial charge < -0.3 is 145 Å². The number of anilines is 2. The van der Waals surface area contributed by atoms with Gasteiger partial charge in [0.1, 0.15) is 96.6 Å². The molecule has 616 valence electrons. The molecular formula is C64H93N15O30S2. The van der Waals surface area contributed by atoms with E-state index in [4.69, 9.17) is 10.8 Å². The molecular weight excluding hydrogens is 1520 g/mol. The maximum absolute atomic E-state index is 14.5. The van der Waals surface area contributed by atoms with Crippen molar-refractivity contribution >= 4 is 137 Å². The number of hydrogen-bond acceptors (Lipinski definition) is 32. The number of nitrogens with zero attached hydrogens (tertiary/aromatic N) is 2. The Kier molecular flexibility index (Phi) is 40.7. The average molecular weight is 1620 g/mol. The molecule has 3 aromatic rings. The Morgan fingerprint density at radius 1 is 0.468 bits per heavy atom. The number of carboxylic acid groups (broad SMARTS) is 4. The van der Waals surface area contributed by atoms with Gasteiger partial charge in [0.2, 0.25) is 53.2 Å². The third kappa shape index (κ3) is 33.0. The van der Waals surface area contributed by atoms with E-state index in [0.717, 1.165) is 6.92 Å². The number of aliphatic hydroxyl groups excluding tert-OH is 10. The monoisotopic (exact) mass is 1620 g/mol. The topological polar surface area (TPSA) is 756 Å². The Labute approximate surface area is 640 Å². The number of carbonyl (C=O) groups is 15. The molecule has 47 heteroatoms. The zero-order valence-corrected chi connectivity index (χ0v) is 61.1. The number of rotatable bonds is 52. The summed E-state index contributed by atoms with van der Waals surface area (Å²) in [5, 5.41) is 163. The maximum atomic E-state index is 14.5. The number of carbonyl (C=O) groups excluding carboxylic acids is 11. The van der Waals surface area contributed by atoms with Gasteiger partial charge in [0, 0.05) is 80.4 Å². The summed E-state index contributed by atoms with van der Waals surface area (Å²) >= 11 is 7.98. The van der Waals surface area contributed by atoms with Gasteiger partial charge in [0.25, 0.3) is 11.5 Å². The Morgan fingerprint density at radius 2 is 0.838 bits per heavy atom. The predicted molar refractivity (Wildman–Crippen MR) is 386 cm³/mol. The van der Waals surface area contributed by atoms with Gasteiger partial charge in [-0.3, -0.25) is 67.3 Å². The van der Waals surface area contributed by atoms with Gasteiger partial charge in [-0.15, -0.1) is 0 Å². The largest absolute Gasteiger partial charge is 0.481 e. The predicted octanol–water partition coefficient (Wildman–Crippen LogP) is -10.4. The SMILES string of the molecule is CC(=O)CC[C@H](NC(=O)[C@H](CCC(=O)O)NC(=O)[C@H](CS)NC(=O)[C@H](CCC(=O)NC[C@H](O)[C@@H](O)[C@H](O)[C@H](O)CO)NC(=O)[C@H](CCC(=O)O)NC(=O)[C@H](CCC(=O)NC[C@H](O)[C@@H](O)[C@H](O)[C@H](O)CO)NC(=O)CC[C@H](NC(=O)c1ccc(NCc2cnc3cc(N)[nH]c(=O)c3n2)cc1)C(=O)O)C(=O)N[C@@H](CS)C(=O)O. The van der Waals surface area contributed by atoms with Crippen LogP contribution < -0.4 is 69.8 Å². The number of aliphatic carboxylic acids is 4. The fraction of sp³-hybridized carbons (Fsp3) is 0.562. The van der Waals surface area contributed by atoms with E-state index < -0.39 is 300 Å². The number of fused-ring (bicyclic) bond motifs is 1. The molecule has 0 saturated carbocycles. The van der Waals surface area contributed by atoms with Crippen molar-refractivity contribution in [2.24, 2.45) is 0 Å². The van der Waals surface area contributed by atoms with Crippen LogP contribution in [0, 0.1) is 0 Å². The van der Waals surface area contributed by atoms with E-state index in [0.29, 0.717) is 11.4 Å². The van der Waals surface area contributed by atoms with Crippen LogP contribution in [0.3, 0.4) is 0 Å². The number of hydrogen-bond donors (Lipinski definition) is 29. The first-order chi connectivity index (χ1) is 52.2. The fourth-order valence-electron chi connectivity index (χ4n) is 9.91. The number of benzene rings is 1. The van der Waals surface area contributed by atoms with Crippen LogP contribution in [0.2, 0.25) is 0 Å². The van der Waals surface area contributed by atoms with Crippen LogP contribution in [0.1, 0.15) is 100 Å². The van der Waals surface area contributed by atoms with Crippen LogP contribution in [-0.4, -0.2) is 310 Å². The minimum Gasteiger partial charge on any atom is -0.481 e. The summed E-state index contributed by atoms with van der Waals surface area (Å²) < 4.78 is 0. The zero-order chi connectivity index (χ0) is 83.5. The first-order valence-corrected chi connectivity index (χ1v) is 35.2. The zero-order valence-electron chi connectivity index (χ0n) is 59.3. The van der Waals surface area contributed by atoms with Crippen molar-refractivity contribution in [1.29, 1.82) is 0 Å². The molecule has 0 aliphatic rings. The number of ketones is 1. The molecule has 0 aliphatic heterocycles. The third-order valence-electron chi connectivity index (χ3n) is 16.4. The van der Waals surface area contributed by atoms with Crippen LogP contribution in [0.25, 0.3) is 11.0 Å². The molecule has 2 aromatic heterocycles. The quantitative estimate of drug-likeness (QED) is 0.0233. The van der Waals surface area contributed by atoms with Crippen LogP contribution in [-0.2, 0) is 73.7 Å². The van der Waals surface area contributed by atoms with Gasteiger partial charge in [-0.1, -0.05) is 0 Å². The Bertz CT molecular complexity index is 3790. The number of nitrogens with one attached hydrogen (secondary N) is 12. The lowest BCUT2D eigenvalue weighted by molar-refractivity contribution is -0.142. The van der Waals surface area contributed by atoms with Gasteiger partial charge in [0.15, 0.2) is 5.52 Å². The highest BCUT2D eigenvalue weighted by Gasteiger charge is 2.37.